The van der Waals surface area contributed by atoms with E-state index in [2.05, 4.69) is 4.99 Å². The van der Waals surface area contributed by atoms with Crippen molar-refractivity contribution < 1.29 is 19.0 Å². The zero-order chi connectivity index (χ0) is 17.6. The predicted octanol–water partition coefficient (Wildman–Crippen LogP) is 3.60. The molecule has 0 fully saturated rings. The normalized spacial score (nSPS) is 15.4. The van der Waals surface area contributed by atoms with Crippen LogP contribution in [0.4, 0.5) is 0 Å². The molecule has 0 N–H and O–H groups in total. The number of aliphatic imine (C=N–C) groups is 1. The van der Waals surface area contributed by atoms with Crippen LogP contribution in [0.15, 0.2) is 71.4 Å². The van der Waals surface area contributed by atoms with Crippen LogP contribution in [0, 0.1) is 0 Å². The predicted molar refractivity (Wildman–Crippen MR) is 95.7 cm³/mol. The zero-order valence-corrected chi connectivity index (χ0v) is 13.9. The fraction of sp³-hybridized carbons (Fsp3) is 0.100. The highest BCUT2D eigenvalue weighted by Gasteiger charge is 2.23. The van der Waals surface area contributed by atoms with Crippen molar-refractivity contribution in [2.24, 2.45) is 4.99 Å². The fourth-order valence-electron chi connectivity index (χ4n) is 2.33. The molecule has 2 aromatic rings. The van der Waals surface area contributed by atoms with Gasteiger partial charge in [-0.25, -0.2) is 9.79 Å². The third-order valence-electron chi connectivity index (χ3n) is 3.63. The molecule has 0 aromatic heterocycles. The lowest BCUT2D eigenvalue weighted by atomic mass is 10.2. The number of nitrogens with zero attached hydrogens (tertiary/aromatic N) is 1. The lowest BCUT2D eigenvalue weighted by Crippen LogP contribution is -2.05. The number of hydrogen-bond acceptors (Lipinski definition) is 5. The van der Waals surface area contributed by atoms with Gasteiger partial charge in [0.1, 0.15) is 11.5 Å². The highest BCUT2D eigenvalue weighted by Crippen LogP contribution is 2.21. The average molecular weight is 335 g/mol. The van der Waals surface area contributed by atoms with E-state index in [-0.39, 0.29) is 11.6 Å². The van der Waals surface area contributed by atoms with Crippen molar-refractivity contribution in [3.05, 3.63) is 77.5 Å². The van der Waals surface area contributed by atoms with Crippen molar-refractivity contribution in [3.63, 3.8) is 0 Å². The number of ether oxygens (including phenoxy) is 3. The summed E-state index contributed by atoms with van der Waals surface area (Å²) < 4.78 is 15.6. The Morgan fingerprint density at radius 2 is 1.76 bits per heavy atom. The van der Waals surface area contributed by atoms with E-state index >= 15 is 0 Å². The Hall–Kier alpha value is -3.34. The largest absolute Gasteiger partial charge is 0.497 e. The van der Waals surface area contributed by atoms with E-state index in [0.29, 0.717) is 5.56 Å². The molecular weight excluding hydrogens is 318 g/mol. The number of carbonyl (C=O) groups excluding carboxylic acids is 1. The standard InChI is InChI=1S/C20H17NO4/c1-23-16-12-10-15(11-13-16)19-21-17(20(22)25-19)8-5-7-14-6-3-4-9-18(14)24-2/h3-13H,1-2H3. The van der Waals surface area contributed by atoms with Gasteiger partial charge in [0.15, 0.2) is 5.70 Å². The van der Waals surface area contributed by atoms with E-state index in [1.165, 1.54) is 0 Å². The molecule has 25 heavy (non-hydrogen) atoms. The number of carbonyl (C=O) groups is 1. The summed E-state index contributed by atoms with van der Waals surface area (Å²) in [5, 5.41) is 0. The van der Waals surface area contributed by atoms with Crippen LogP contribution in [0.1, 0.15) is 11.1 Å². The molecule has 3 rings (SSSR count). The SMILES string of the molecule is COc1ccc(C2=NC(=CC=Cc3ccccc3OC)C(=O)O2)cc1. The van der Waals surface area contributed by atoms with Gasteiger partial charge in [-0.1, -0.05) is 30.4 Å². The molecule has 0 saturated carbocycles. The molecule has 0 aliphatic carbocycles. The zero-order valence-electron chi connectivity index (χ0n) is 13.9. The van der Waals surface area contributed by atoms with Crippen molar-refractivity contribution in [3.8, 4) is 11.5 Å². The Balaban J connectivity index is 1.79. The minimum Gasteiger partial charge on any atom is -0.497 e. The number of rotatable bonds is 5. The van der Waals surface area contributed by atoms with Crippen molar-refractivity contribution in [2.75, 3.05) is 14.2 Å². The van der Waals surface area contributed by atoms with E-state index in [9.17, 15) is 4.79 Å². The molecule has 1 aliphatic rings. The minimum absolute atomic E-state index is 0.247. The van der Waals surface area contributed by atoms with Crippen LogP contribution in [0.25, 0.3) is 6.08 Å². The number of hydrogen-bond donors (Lipinski definition) is 0. The van der Waals surface area contributed by atoms with Gasteiger partial charge < -0.3 is 14.2 Å². The molecular formula is C20H17NO4. The number of benzene rings is 2. The minimum atomic E-state index is -0.476. The first-order valence-corrected chi connectivity index (χ1v) is 7.68. The van der Waals surface area contributed by atoms with Crippen LogP contribution < -0.4 is 9.47 Å². The van der Waals surface area contributed by atoms with Crippen LogP contribution in [-0.4, -0.2) is 26.1 Å². The first-order chi connectivity index (χ1) is 12.2. The van der Waals surface area contributed by atoms with Crippen LogP contribution in [0.3, 0.4) is 0 Å². The lowest BCUT2D eigenvalue weighted by Gasteiger charge is -2.02. The van der Waals surface area contributed by atoms with E-state index in [1.54, 1.807) is 50.6 Å². The van der Waals surface area contributed by atoms with Crippen LogP contribution in [0.2, 0.25) is 0 Å². The maximum Gasteiger partial charge on any atom is 0.363 e. The monoisotopic (exact) mass is 335 g/mol. The Morgan fingerprint density at radius 1 is 1.00 bits per heavy atom. The molecule has 1 aliphatic heterocycles. The summed E-state index contributed by atoms with van der Waals surface area (Å²) in [5.41, 5.74) is 1.87. The summed E-state index contributed by atoms with van der Waals surface area (Å²) in [6.07, 6.45) is 5.21. The van der Waals surface area contributed by atoms with E-state index < -0.39 is 5.97 Å². The smallest absolute Gasteiger partial charge is 0.363 e. The van der Waals surface area contributed by atoms with Crippen molar-refractivity contribution in [1.29, 1.82) is 0 Å². The first-order valence-electron chi connectivity index (χ1n) is 7.68. The number of methoxy groups -OCH3 is 2. The molecule has 0 saturated heterocycles. The second-order valence-corrected chi connectivity index (χ2v) is 5.19. The van der Waals surface area contributed by atoms with Gasteiger partial charge in [0.2, 0.25) is 5.90 Å². The molecule has 0 bridgehead atoms. The Kier molecular flexibility index (Phi) is 4.95. The van der Waals surface area contributed by atoms with Gasteiger partial charge in [-0.05, 0) is 36.4 Å². The summed E-state index contributed by atoms with van der Waals surface area (Å²) in [4.78, 5) is 16.2. The van der Waals surface area contributed by atoms with Crippen molar-refractivity contribution in [2.45, 2.75) is 0 Å². The molecule has 5 nitrogen and oxygen atoms in total. The van der Waals surface area contributed by atoms with E-state index in [0.717, 1.165) is 17.1 Å². The number of para-hydroxylation sites is 1. The molecule has 0 spiro atoms. The van der Waals surface area contributed by atoms with Crippen molar-refractivity contribution >= 4 is 17.9 Å². The summed E-state index contributed by atoms with van der Waals surface area (Å²) in [5.74, 6) is 1.29. The summed E-state index contributed by atoms with van der Waals surface area (Å²) in [6, 6.07) is 14.8. The van der Waals surface area contributed by atoms with Gasteiger partial charge >= 0.3 is 5.97 Å². The van der Waals surface area contributed by atoms with E-state index in [4.69, 9.17) is 14.2 Å². The maximum atomic E-state index is 12.0. The van der Waals surface area contributed by atoms with Crippen LogP contribution >= 0.6 is 0 Å². The first kappa shape index (κ1) is 16.5. The molecule has 2 aromatic carbocycles. The van der Waals surface area contributed by atoms with Gasteiger partial charge in [0.25, 0.3) is 0 Å². The molecule has 5 heteroatoms. The Morgan fingerprint density at radius 3 is 2.48 bits per heavy atom. The maximum absolute atomic E-state index is 12.0. The van der Waals surface area contributed by atoms with E-state index in [1.807, 2.05) is 30.3 Å². The number of allylic oxidation sites excluding steroid dienone is 2. The van der Waals surface area contributed by atoms with Crippen molar-refractivity contribution in [1.82, 2.24) is 0 Å². The quantitative estimate of drug-likeness (QED) is 0.619. The van der Waals surface area contributed by atoms with Crippen LogP contribution in [0.5, 0.6) is 11.5 Å². The Bertz CT molecular complexity index is 864. The van der Waals surface area contributed by atoms with Gasteiger partial charge in [0.05, 0.1) is 14.2 Å². The highest BCUT2D eigenvalue weighted by molar-refractivity contribution is 6.11. The van der Waals surface area contributed by atoms with Crippen LogP contribution in [-0.2, 0) is 9.53 Å². The molecule has 0 atom stereocenters. The Labute approximate surface area is 145 Å². The average Bonchev–Trinajstić information content (AvgIpc) is 3.03. The van der Waals surface area contributed by atoms with Gasteiger partial charge in [-0.15, -0.1) is 0 Å². The van der Waals surface area contributed by atoms with Gasteiger partial charge in [0, 0.05) is 11.1 Å². The molecule has 0 unspecified atom stereocenters. The highest BCUT2D eigenvalue weighted by atomic mass is 16.6. The molecule has 126 valence electrons. The molecule has 1 heterocycles. The molecule has 0 radical (unpaired) electrons. The second-order valence-electron chi connectivity index (χ2n) is 5.19. The number of esters is 1. The summed E-state index contributed by atoms with van der Waals surface area (Å²) in [7, 11) is 3.21. The molecule has 0 amide bonds. The fourth-order valence-corrected chi connectivity index (χ4v) is 2.33. The van der Waals surface area contributed by atoms with Gasteiger partial charge in [-0.2, -0.15) is 0 Å². The number of cyclic esters (lactones) is 1. The second kappa shape index (κ2) is 7.49. The topological polar surface area (TPSA) is 57.1 Å². The lowest BCUT2D eigenvalue weighted by molar-refractivity contribution is -0.130. The van der Waals surface area contributed by atoms with Gasteiger partial charge in [-0.3, -0.25) is 0 Å². The summed E-state index contributed by atoms with van der Waals surface area (Å²) in [6.45, 7) is 0. The summed E-state index contributed by atoms with van der Waals surface area (Å²) >= 11 is 0. The third-order valence-corrected chi connectivity index (χ3v) is 3.63. The third kappa shape index (κ3) is 3.77.